The van der Waals surface area contributed by atoms with Gasteiger partial charge in [0.1, 0.15) is 5.82 Å². The minimum atomic E-state index is -0.602. The van der Waals surface area contributed by atoms with Crippen LogP contribution in [0.3, 0.4) is 0 Å². The maximum absolute atomic E-state index is 12.0. The van der Waals surface area contributed by atoms with E-state index in [-0.39, 0.29) is 6.61 Å². The van der Waals surface area contributed by atoms with Crippen LogP contribution in [0.5, 0.6) is 0 Å². The number of nitrogens with zero attached hydrogens (tertiary/aromatic N) is 2. The molecule has 3 rings (SSSR count). The van der Waals surface area contributed by atoms with Gasteiger partial charge >= 0.3 is 5.97 Å². The molecule has 0 unspecified atom stereocenters. The number of esters is 1. The molecular weight excluding hydrogens is 332 g/mol. The van der Waals surface area contributed by atoms with Gasteiger partial charge in [-0.1, -0.05) is 12.1 Å². The molecule has 2 N–H and O–H groups in total. The van der Waals surface area contributed by atoms with Crippen molar-refractivity contribution in [1.82, 2.24) is 4.98 Å². The van der Waals surface area contributed by atoms with Crippen molar-refractivity contribution in [3.63, 3.8) is 0 Å². The molecule has 1 saturated carbocycles. The number of pyridine rings is 1. The molecule has 0 radical (unpaired) electrons. The third-order valence-electron chi connectivity index (χ3n) is 3.78. The lowest BCUT2D eigenvalue weighted by Crippen LogP contribution is -2.21. The van der Waals surface area contributed by atoms with E-state index >= 15 is 0 Å². The number of hydrogen-bond donors (Lipinski definition) is 2. The molecule has 1 heterocycles. The first-order valence-corrected chi connectivity index (χ1v) is 8.29. The molecule has 2 aromatic rings. The summed E-state index contributed by atoms with van der Waals surface area (Å²) >= 11 is 0. The van der Waals surface area contributed by atoms with E-state index in [1.54, 1.807) is 36.4 Å². The zero-order chi connectivity index (χ0) is 18.4. The SMILES string of the molecule is N#CCc1ccc(NC(=O)COC(=O)c2ccc(NC3CC3)nc2)cc1. The van der Waals surface area contributed by atoms with E-state index in [4.69, 9.17) is 10.00 Å². The first-order valence-electron chi connectivity index (χ1n) is 8.29. The van der Waals surface area contributed by atoms with Gasteiger partial charge in [0.2, 0.25) is 0 Å². The van der Waals surface area contributed by atoms with Gasteiger partial charge in [0.15, 0.2) is 6.61 Å². The Hall–Kier alpha value is -3.40. The molecule has 0 saturated heterocycles. The summed E-state index contributed by atoms with van der Waals surface area (Å²) in [5.74, 6) is -0.317. The second-order valence-corrected chi connectivity index (χ2v) is 6.01. The highest BCUT2D eigenvalue weighted by Crippen LogP contribution is 2.23. The van der Waals surface area contributed by atoms with Crippen LogP contribution in [0.2, 0.25) is 0 Å². The van der Waals surface area contributed by atoms with Crippen molar-refractivity contribution in [3.8, 4) is 6.07 Å². The number of hydrogen-bond acceptors (Lipinski definition) is 6. The van der Waals surface area contributed by atoms with E-state index < -0.39 is 11.9 Å². The largest absolute Gasteiger partial charge is 0.452 e. The highest BCUT2D eigenvalue weighted by Gasteiger charge is 2.21. The van der Waals surface area contributed by atoms with Crippen molar-refractivity contribution in [1.29, 1.82) is 5.26 Å². The average Bonchev–Trinajstić information content (AvgIpc) is 3.46. The molecule has 26 heavy (non-hydrogen) atoms. The molecule has 1 amide bonds. The van der Waals surface area contributed by atoms with Crippen LogP contribution in [0.25, 0.3) is 0 Å². The summed E-state index contributed by atoms with van der Waals surface area (Å²) in [5.41, 5.74) is 1.73. The van der Waals surface area contributed by atoms with Gasteiger partial charge < -0.3 is 15.4 Å². The summed E-state index contributed by atoms with van der Waals surface area (Å²) in [6, 6.07) is 12.8. The summed E-state index contributed by atoms with van der Waals surface area (Å²) in [5, 5.41) is 14.5. The van der Waals surface area contributed by atoms with Crippen LogP contribution in [0.1, 0.15) is 28.8 Å². The van der Waals surface area contributed by atoms with Crippen LogP contribution in [0, 0.1) is 11.3 Å². The van der Waals surface area contributed by atoms with Crippen LogP contribution in [-0.2, 0) is 16.0 Å². The number of nitriles is 1. The van der Waals surface area contributed by atoms with Crippen LogP contribution in [0.4, 0.5) is 11.5 Å². The van der Waals surface area contributed by atoms with Gasteiger partial charge in [0.05, 0.1) is 18.1 Å². The lowest BCUT2D eigenvalue weighted by molar-refractivity contribution is -0.119. The highest BCUT2D eigenvalue weighted by atomic mass is 16.5. The number of ether oxygens (including phenoxy) is 1. The number of rotatable bonds is 7. The molecule has 132 valence electrons. The number of nitrogens with one attached hydrogen (secondary N) is 2. The van der Waals surface area contributed by atoms with Gasteiger partial charge in [-0.15, -0.1) is 0 Å². The minimum absolute atomic E-state index is 0.292. The predicted octanol–water partition coefficient (Wildman–Crippen LogP) is 2.52. The molecule has 7 heteroatoms. The Labute approximate surface area is 151 Å². The minimum Gasteiger partial charge on any atom is -0.452 e. The van der Waals surface area contributed by atoms with E-state index in [2.05, 4.69) is 21.7 Å². The van der Waals surface area contributed by atoms with Gasteiger partial charge in [-0.3, -0.25) is 4.79 Å². The second kappa shape index (κ2) is 8.12. The first kappa shape index (κ1) is 17.4. The molecule has 1 aromatic carbocycles. The number of carbonyl (C=O) groups is 2. The lowest BCUT2D eigenvalue weighted by atomic mass is 10.1. The standard InChI is InChI=1S/C19H18N4O3/c20-10-9-13-1-4-16(5-2-13)23-18(24)12-26-19(25)14-3-8-17(21-11-14)22-15-6-7-15/h1-5,8,11,15H,6-7,9,12H2,(H,21,22)(H,23,24). The monoisotopic (exact) mass is 350 g/mol. The topological polar surface area (TPSA) is 104 Å². The summed E-state index contributed by atoms with van der Waals surface area (Å²) < 4.78 is 5.00. The van der Waals surface area contributed by atoms with E-state index in [0.717, 1.165) is 24.2 Å². The Balaban J connectivity index is 1.45. The molecule has 1 fully saturated rings. The molecule has 0 spiro atoms. The van der Waals surface area contributed by atoms with Crippen molar-refractivity contribution in [2.75, 3.05) is 17.2 Å². The zero-order valence-electron chi connectivity index (χ0n) is 14.1. The Morgan fingerprint density at radius 2 is 1.96 bits per heavy atom. The quantitative estimate of drug-likeness (QED) is 0.744. The Bertz CT molecular complexity index is 821. The Morgan fingerprint density at radius 1 is 1.19 bits per heavy atom. The zero-order valence-corrected chi connectivity index (χ0v) is 14.1. The van der Waals surface area contributed by atoms with Crippen molar-refractivity contribution in [3.05, 3.63) is 53.7 Å². The van der Waals surface area contributed by atoms with Crippen molar-refractivity contribution < 1.29 is 14.3 Å². The Morgan fingerprint density at radius 3 is 2.58 bits per heavy atom. The fourth-order valence-electron chi connectivity index (χ4n) is 2.25. The third-order valence-corrected chi connectivity index (χ3v) is 3.78. The number of anilines is 2. The van der Waals surface area contributed by atoms with Crippen molar-refractivity contribution >= 4 is 23.4 Å². The van der Waals surface area contributed by atoms with Crippen molar-refractivity contribution in [2.24, 2.45) is 0 Å². The number of amides is 1. The highest BCUT2D eigenvalue weighted by molar-refractivity contribution is 5.95. The fourth-order valence-corrected chi connectivity index (χ4v) is 2.25. The molecule has 1 aliphatic rings. The summed E-state index contributed by atoms with van der Waals surface area (Å²) in [7, 11) is 0. The lowest BCUT2D eigenvalue weighted by Gasteiger charge is -2.08. The van der Waals surface area contributed by atoms with Gasteiger partial charge in [-0.05, 0) is 42.7 Å². The Kier molecular flexibility index (Phi) is 5.44. The maximum Gasteiger partial charge on any atom is 0.340 e. The number of carbonyl (C=O) groups excluding carboxylic acids is 2. The normalized spacial score (nSPS) is 12.7. The second-order valence-electron chi connectivity index (χ2n) is 6.01. The average molecular weight is 350 g/mol. The first-order chi connectivity index (χ1) is 12.6. The molecule has 0 atom stereocenters. The molecule has 0 aliphatic heterocycles. The van der Waals surface area contributed by atoms with Crippen LogP contribution < -0.4 is 10.6 Å². The van der Waals surface area contributed by atoms with Crippen molar-refractivity contribution in [2.45, 2.75) is 25.3 Å². The molecule has 1 aliphatic carbocycles. The van der Waals surface area contributed by atoms with E-state index in [1.165, 1.54) is 6.20 Å². The predicted molar refractivity (Wildman–Crippen MR) is 95.6 cm³/mol. The summed E-state index contributed by atoms with van der Waals surface area (Å²) in [6.45, 7) is -0.388. The number of benzene rings is 1. The van der Waals surface area contributed by atoms with E-state index in [0.29, 0.717) is 23.7 Å². The van der Waals surface area contributed by atoms with E-state index in [1.807, 2.05) is 0 Å². The van der Waals surface area contributed by atoms with Gasteiger partial charge in [0.25, 0.3) is 5.91 Å². The molecule has 0 bridgehead atoms. The smallest absolute Gasteiger partial charge is 0.340 e. The third kappa shape index (κ3) is 5.05. The molecule has 1 aromatic heterocycles. The van der Waals surface area contributed by atoms with Crippen LogP contribution in [0.15, 0.2) is 42.6 Å². The number of aromatic nitrogens is 1. The van der Waals surface area contributed by atoms with Crippen LogP contribution in [-0.4, -0.2) is 29.5 Å². The van der Waals surface area contributed by atoms with Crippen LogP contribution >= 0.6 is 0 Å². The molecule has 7 nitrogen and oxygen atoms in total. The van der Waals surface area contributed by atoms with Gasteiger partial charge in [-0.25, -0.2) is 9.78 Å². The summed E-state index contributed by atoms with van der Waals surface area (Å²) in [4.78, 5) is 28.0. The van der Waals surface area contributed by atoms with Gasteiger partial charge in [-0.2, -0.15) is 5.26 Å². The maximum atomic E-state index is 12.0. The molecular formula is C19H18N4O3. The van der Waals surface area contributed by atoms with Gasteiger partial charge in [0, 0.05) is 17.9 Å². The van der Waals surface area contributed by atoms with E-state index in [9.17, 15) is 9.59 Å². The summed E-state index contributed by atoms with van der Waals surface area (Å²) in [6.07, 6.45) is 4.02. The fraction of sp³-hybridized carbons (Fsp3) is 0.263.